The van der Waals surface area contributed by atoms with E-state index in [4.69, 9.17) is 17.3 Å². The van der Waals surface area contributed by atoms with Gasteiger partial charge in [0.15, 0.2) is 0 Å². The molecule has 0 spiro atoms. The molecule has 0 aromatic heterocycles. The number of hydrogen-bond acceptors (Lipinski definition) is 3. The molecule has 3 amide bonds. The van der Waals surface area contributed by atoms with Crippen LogP contribution in [0.25, 0.3) is 0 Å². The van der Waals surface area contributed by atoms with Gasteiger partial charge in [0.05, 0.1) is 10.6 Å². The number of rotatable bonds is 5. The second kappa shape index (κ2) is 7.51. The van der Waals surface area contributed by atoms with Gasteiger partial charge in [-0.2, -0.15) is 0 Å². The largest absolute Gasteiger partial charge is 0.506 e. The number of nitrogens with one attached hydrogen (secondary N) is 2. The zero-order chi connectivity index (χ0) is 16.8. The number of carbonyl (C=O) groups is 2. The number of halogens is 1. The summed E-state index contributed by atoms with van der Waals surface area (Å²) < 4.78 is 0. The highest BCUT2D eigenvalue weighted by Gasteiger charge is 2.14. The van der Waals surface area contributed by atoms with Crippen molar-refractivity contribution in [3.63, 3.8) is 0 Å². The number of benzene rings is 2. The Bertz CT molecular complexity index is 720. The molecule has 120 valence electrons. The van der Waals surface area contributed by atoms with E-state index in [-0.39, 0.29) is 16.3 Å². The van der Waals surface area contributed by atoms with Crippen LogP contribution < -0.4 is 16.4 Å². The number of hydrogen-bond donors (Lipinski definition) is 4. The van der Waals surface area contributed by atoms with Gasteiger partial charge >= 0.3 is 6.03 Å². The Kier molecular flexibility index (Phi) is 5.43. The van der Waals surface area contributed by atoms with E-state index in [9.17, 15) is 14.7 Å². The number of urea groups is 1. The zero-order valence-electron chi connectivity index (χ0n) is 12.2. The van der Waals surface area contributed by atoms with Crippen molar-refractivity contribution in [1.82, 2.24) is 5.32 Å². The predicted octanol–water partition coefficient (Wildman–Crippen LogP) is 2.51. The first kappa shape index (κ1) is 16.6. The Balaban J connectivity index is 1.94. The molecule has 2 aromatic rings. The number of phenols is 1. The van der Waals surface area contributed by atoms with Gasteiger partial charge in [0, 0.05) is 12.2 Å². The third-order valence-electron chi connectivity index (χ3n) is 3.13. The molecule has 0 aliphatic heterocycles. The third-order valence-corrected chi connectivity index (χ3v) is 3.42. The maximum absolute atomic E-state index is 11.8. The Labute approximate surface area is 138 Å². The summed E-state index contributed by atoms with van der Waals surface area (Å²) in [5.41, 5.74) is 6.36. The smallest absolute Gasteiger partial charge is 0.319 e. The van der Waals surface area contributed by atoms with E-state index in [1.807, 2.05) is 30.3 Å². The van der Waals surface area contributed by atoms with Gasteiger partial charge in [-0.1, -0.05) is 41.9 Å². The molecule has 0 saturated heterocycles. The van der Waals surface area contributed by atoms with Crippen LogP contribution in [0, 0.1) is 0 Å². The summed E-state index contributed by atoms with van der Waals surface area (Å²) in [6, 6.07) is 11.9. The lowest BCUT2D eigenvalue weighted by Crippen LogP contribution is -2.30. The van der Waals surface area contributed by atoms with Gasteiger partial charge in [-0.15, -0.1) is 0 Å². The van der Waals surface area contributed by atoms with E-state index in [0.717, 1.165) is 5.56 Å². The minimum Gasteiger partial charge on any atom is -0.506 e. The Hall–Kier alpha value is -2.73. The summed E-state index contributed by atoms with van der Waals surface area (Å²) in [7, 11) is 0. The lowest BCUT2D eigenvalue weighted by atomic mass is 10.1. The zero-order valence-corrected chi connectivity index (χ0v) is 12.9. The van der Waals surface area contributed by atoms with Gasteiger partial charge in [0.2, 0.25) is 0 Å². The summed E-state index contributed by atoms with van der Waals surface area (Å²) in [4.78, 5) is 23.1. The number of nitrogens with two attached hydrogens (primary N) is 1. The maximum atomic E-state index is 11.8. The summed E-state index contributed by atoms with van der Waals surface area (Å²) in [5, 5.41) is 14.8. The second-order valence-electron chi connectivity index (χ2n) is 4.83. The van der Waals surface area contributed by atoms with Crippen molar-refractivity contribution in [3.8, 4) is 5.75 Å². The molecule has 0 aliphatic carbocycles. The molecule has 0 fully saturated rings. The monoisotopic (exact) mass is 333 g/mol. The van der Waals surface area contributed by atoms with Crippen molar-refractivity contribution in [2.45, 2.75) is 6.42 Å². The van der Waals surface area contributed by atoms with Gasteiger partial charge < -0.3 is 21.5 Å². The Morgan fingerprint density at radius 1 is 1.17 bits per heavy atom. The van der Waals surface area contributed by atoms with Crippen molar-refractivity contribution in [3.05, 3.63) is 58.6 Å². The van der Waals surface area contributed by atoms with Crippen LogP contribution in [-0.4, -0.2) is 23.6 Å². The number of carbonyl (C=O) groups excluding carboxylic acids is 2. The molecule has 0 saturated carbocycles. The van der Waals surface area contributed by atoms with Gasteiger partial charge in [0.1, 0.15) is 5.75 Å². The van der Waals surface area contributed by atoms with Crippen LogP contribution in [0.15, 0.2) is 42.5 Å². The van der Waals surface area contributed by atoms with Crippen molar-refractivity contribution in [1.29, 1.82) is 0 Å². The molecule has 7 heteroatoms. The first-order valence-corrected chi connectivity index (χ1v) is 7.26. The first-order chi connectivity index (χ1) is 11.0. The SMILES string of the molecule is NC(=O)c1cc(NC(=O)NCCc2ccccc2)cc(Cl)c1O. The molecular weight excluding hydrogens is 318 g/mol. The molecule has 23 heavy (non-hydrogen) atoms. The van der Waals surface area contributed by atoms with E-state index >= 15 is 0 Å². The molecule has 0 radical (unpaired) electrons. The van der Waals surface area contributed by atoms with Gasteiger partial charge in [-0.25, -0.2) is 4.79 Å². The summed E-state index contributed by atoms with van der Waals surface area (Å²) in [6.07, 6.45) is 0.692. The van der Waals surface area contributed by atoms with Crippen LogP contribution in [0.5, 0.6) is 5.75 Å². The van der Waals surface area contributed by atoms with Crippen LogP contribution in [0.3, 0.4) is 0 Å². The average Bonchev–Trinajstić information content (AvgIpc) is 2.51. The summed E-state index contributed by atoms with van der Waals surface area (Å²) in [6.45, 7) is 0.449. The summed E-state index contributed by atoms with van der Waals surface area (Å²) in [5.74, 6) is -1.24. The highest BCUT2D eigenvalue weighted by molar-refractivity contribution is 6.33. The molecule has 0 unspecified atom stereocenters. The topological polar surface area (TPSA) is 104 Å². The third kappa shape index (κ3) is 4.62. The highest BCUT2D eigenvalue weighted by Crippen LogP contribution is 2.30. The summed E-state index contributed by atoms with van der Waals surface area (Å²) >= 11 is 5.80. The van der Waals surface area contributed by atoms with Crippen molar-refractivity contribution >= 4 is 29.2 Å². The molecule has 0 aliphatic rings. The minimum atomic E-state index is -0.836. The van der Waals surface area contributed by atoms with Gasteiger partial charge in [-0.3, -0.25) is 4.79 Å². The fourth-order valence-corrected chi connectivity index (χ4v) is 2.22. The highest BCUT2D eigenvalue weighted by atomic mass is 35.5. The molecule has 2 aromatic carbocycles. The van der Waals surface area contributed by atoms with Crippen molar-refractivity contribution in [2.75, 3.05) is 11.9 Å². The number of anilines is 1. The first-order valence-electron chi connectivity index (χ1n) is 6.88. The van der Waals surface area contributed by atoms with E-state index < -0.39 is 17.7 Å². The minimum absolute atomic E-state index is 0.0686. The average molecular weight is 334 g/mol. The molecule has 0 bridgehead atoms. The van der Waals surface area contributed by atoms with Crippen LogP contribution in [-0.2, 0) is 6.42 Å². The van der Waals surface area contributed by atoms with Crippen LogP contribution in [0.1, 0.15) is 15.9 Å². The Morgan fingerprint density at radius 2 is 1.87 bits per heavy atom. The number of aromatic hydroxyl groups is 1. The normalized spacial score (nSPS) is 10.1. The van der Waals surface area contributed by atoms with E-state index in [2.05, 4.69) is 10.6 Å². The second-order valence-corrected chi connectivity index (χ2v) is 5.24. The lowest BCUT2D eigenvalue weighted by Gasteiger charge is -2.10. The predicted molar refractivity (Wildman–Crippen MR) is 88.8 cm³/mol. The number of amides is 3. The molecule has 6 nitrogen and oxygen atoms in total. The standard InChI is InChI=1S/C16H16ClN3O3/c17-13-9-11(8-12(14(13)21)15(18)22)20-16(23)19-7-6-10-4-2-1-3-5-10/h1-5,8-9,21H,6-7H2,(H2,18,22)(H2,19,20,23). The maximum Gasteiger partial charge on any atom is 0.319 e. The van der Waals surface area contributed by atoms with Crippen LogP contribution >= 0.6 is 11.6 Å². The van der Waals surface area contributed by atoms with Gasteiger partial charge in [0.25, 0.3) is 5.91 Å². The molecule has 2 rings (SSSR count). The quantitative estimate of drug-likeness (QED) is 0.632. The van der Waals surface area contributed by atoms with E-state index in [1.54, 1.807) is 0 Å². The van der Waals surface area contributed by atoms with Gasteiger partial charge in [-0.05, 0) is 24.1 Å². The fourth-order valence-electron chi connectivity index (χ4n) is 2.00. The van der Waals surface area contributed by atoms with Crippen LogP contribution in [0.4, 0.5) is 10.5 Å². The number of primary amides is 1. The fraction of sp³-hybridized carbons (Fsp3) is 0.125. The molecule has 0 atom stereocenters. The van der Waals surface area contributed by atoms with Crippen LogP contribution in [0.2, 0.25) is 5.02 Å². The molecule has 5 N–H and O–H groups in total. The van der Waals surface area contributed by atoms with Crippen molar-refractivity contribution in [2.24, 2.45) is 5.73 Å². The lowest BCUT2D eigenvalue weighted by molar-refractivity contribution is 0.0997. The Morgan fingerprint density at radius 3 is 2.52 bits per heavy atom. The van der Waals surface area contributed by atoms with Crippen molar-refractivity contribution < 1.29 is 14.7 Å². The molecular formula is C16H16ClN3O3. The molecule has 0 heterocycles. The van der Waals surface area contributed by atoms with E-state index in [1.165, 1.54) is 12.1 Å². The van der Waals surface area contributed by atoms with E-state index in [0.29, 0.717) is 13.0 Å².